The Morgan fingerprint density at radius 1 is 1.24 bits per heavy atom. The predicted octanol–water partition coefficient (Wildman–Crippen LogP) is 2.31. The summed E-state index contributed by atoms with van der Waals surface area (Å²) in [7, 11) is 1.71. The fourth-order valence-corrected chi connectivity index (χ4v) is 2.41. The zero-order chi connectivity index (χ0) is 11.7. The number of hydrogen-bond donors (Lipinski definition) is 1. The molecule has 1 aromatic rings. The molecule has 1 N–H and O–H groups in total. The van der Waals surface area contributed by atoms with Crippen LogP contribution in [0.3, 0.4) is 0 Å². The van der Waals surface area contributed by atoms with Gasteiger partial charge in [0.05, 0.1) is 13.2 Å². The third-order valence-corrected chi connectivity index (χ3v) is 3.54. The lowest BCUT2D eigenvalue weighted by atomic mass is 9.97. The molecule has 3 heteroatoms. The van der Waals surface area contributed by atoms with Gasteiger partial charge in [-0.2, -0.15) is 0 Å². The van der Waals surface area contributed by atoms with Crippen molar-refractivity contribution in [3.63, 3.8) is 0 Å². The van der Waals surface area contributed by atoms with Gasteiger partial charge in [0.1, 0.15) is 0 Å². The van der Waals surface area contributed by atoms with E-state index in [2.05, 4.69) is 17.4 Å². The van der Waals surface area contributed by atoms with Gasteiger partial charge < -0.3 is 14.8 Å². The van der Waals surface area contributed by atoms with E-state index in [4.69, 9.17) is 9.47 Å². The lowest BCUT2D eigenvalue weighted by molar-refractivity contribution is 0.277. The molecule has 1 aliphatic heterocycles. The second kappa shape index (κ2) is 4.57. The molecule has 1 atom stereocenters. The summed E-state index contributed by atoms with van der Waals surface area (Å²) in [6, 6.07) is 6.23. The van der Waals surface area contributed by atoms with E-state index in [0.717, 1.165) is 24.6 Å². The van der Waals surface area contributed by atoms with Gasteiger partial charge in [0, 0.05) is 18.0 Å². The first-order valence-corrected chi connectivity index (χ1v) is 6.42. The third-order valence-electron chi connectivity index (χ3n) is 3.54. The van der Waals surface area contributed by atoms with Crippen LogP contribution in [0.5, 0.6) is 11.5 Å². The van der Waals surface area contributed by atoms with Crippen molar-refractivity contribution in [3.8, 4) is 11.5 Å². The van der Waals surface area contributed by atoms with E-state index >= 15 is 0 Å². The van der Waals surface area contributed by atoms with E-state index in [1.165, 1.54) is 24.8 Å². The van der Waals surface area contributed by atoms with Gasteiger partial charge in [-0.15, -0.1) is 0 Å². The largest absolute Gasteiger partial charge is 0.493 e. The van der Waals surface area contributed by atoms with E-state index < -0.39 is 0 Å². The van der Waals surface area contributed by atoms with E-state index in [-0.39, 0.29) is 0 Å². The molecule has 0 radical (unpaired) electrons. The number of hydrogen-bond acceptors (Lipinski definition) is 3. The van der Waals surface area contributed by atoms with E-state index in [1.54, 1.807) is 7.11 Å². The molecule has 0 aromatic heterocycles. The van der Waals surface area contributed by atoms with Crippen LogP contribution in [0.15, 0.2) is 18.2 Å². The number of ether oxygens (including phenoxy) is 2. The normalized spacial score (nSPS) is 23.7. The first-order valence-electron chi connectivity index (χ1n) is 6.42. The lowest BCUT2D eigenvalue weighted by Gasteiger charge is -2.18. The van der Waals surface area contributed by atoms with Crippen molar-refractivity contribution in [1.82, 2.24) is 5.32 Å². The summed E-state index contributed by atoms with van der Waals surface area (Å²) in [6.07, 6.45) is 3.97. The maximum Gasteiger partial charge on any atom is 0.165 e. The Morgan fingerprint density at radius 2 is 2.12 bits per heavy atom. The second-order valence-corrected chi connectivity index (χ2v) is 4.89. The van der Waals surface area contributed by atoms with Gasteiger partial charge in [0.15, 0.2) is 11.5 Å². The van der Waals surface area contributed by atoms with Crippen LogP contribution in [0, 0.1) is 0 Å². The summed E-state index contributed by atoms with van der Waals surface area (Å²) in [5.41, 5.74) is 1.31. The minimum Gasteiger partial charge on any atom is -0.493 e. The molecule has 1 unspecified atom stereocenters. The molecule has 2 fully saturated rings. The Kier molecular flexibility index (Phi) is 2.93. The highest BCUT2D eigenvalue weighted by Crippen LogP contribution is 2.40. The highest BCUT2D eigenvalue weighted by molar-refractivity contribution is 5.49. The zero-order valence-electron chi connectivity index (χ0n) is 10.2. The average Bonchev–Trinajstić information content (AvgIpc) is 3.01. The van der Waals surface area contributed by atoms with E-state index in [1.807, 2.05) is 6.07 Å². The third kappa shape index (κ3) is 2.25. The van der Waals surface area contributed by atoms with E-state index in [0.29, 0.717) is 12.0 Å². The molecular formula is C14H19NO2. The van der Waals surface area contributed by atoms with Crippen molar-refractivity contribution in [1.29, 1.82) is 0 Å². The Labute approximate surface area is 102 Å². The van der Waals surface area contributed by atoms with Crippen molar-refractivity contribution in [2.75, 3.05) is 20.2 Å². The number of nitrogens with one attached hydrogen (secondary N) is 1. The van der Waals surface area contributed by atoms with Gasteiger partial charge in [-0.25, -0.2) is 0 Å². The molecule has 0 amide bonds. The fourth-order valence-electron chi connectivity index (χ4n) is 2.41. The van der Waals surface area contributed by atoms with Crippen LogP contribution in [0.4, 0.5) is 0 Å². The first-order chi connectivity index (χ1) is 8.38. The SMILES string of the molecule is COc1cccc(C2CCNC2)c1OC1CC1. The molecule has 92 valence electrons. The van der Waals surface area contributed by atoms with Gasteiger partial charge >= 0.3 is 0 Å². The monoisotopic (exact) mass is 233 g/mol. The topological polar surface area (TPSA) is 30.5 Å². The van der Waals surface area contributed by atoms with Crippen LogP contribution < -0.4 is 14.8 Å². The van der Waals surface area contributed by atoms with Crippen molar-refractivity contribution in [2.24, 2.45) is 0 Å². The molecule has 0 bridgehead atoms. The fraction of sp³-hybridized carbons (Fsp3) is 0.571. The summed E-state index contributed by atoms with van der Waals surface area (Å²) >= 11 is 0. The minimum absolute atomic E-state index is 0.416. The Morgan fingerprint density at radius 3 is 2.76 bits per heavy atom. The van der Waals surface area contributed by atoms with Crippen LogP contribution >= 0.6 is 0 Å². The summed E-state index contributed by atoms with van der Waals surface area (Å²) in [5.74, 6) is 2.42. The molecule has 1 aliphatic carbocycles. The highest BCUT2D eigenvalue weighted by atomic mass is 16.5. The summed E-state index contributed by atoms with van der Waals surface area (Å²) in [6.45, 7) is 2.15. The number of para-hydroxylation sites is 1. The number of benzene rings is 1. The van der Waals surface area contributed by atoms with Gasteiger partial charge in [-0.1, -0.05) is 12.1 Å². The minimum atomic E-state index is 0.416. The molecule has 1 saturated heterocycles. The van der Waals surface area contributed by atoms with Crippen molar-refractivity contribution >= 4 is 0 Å². The quantitative estimate of drug-likeness (QED) is 0.865. The van der Waals surface area contributed by atoms with Crippen LogP contribution in [0.1, 0.15) is 30.7 Å². The molecule has 17 heavy (non-hydrogen) atoms. The number of rotatable bonds is 4. The Bertz CT molecular complexity index is 395. The van der Waals surface area contributed by atoms with Crippen molar-refractivity contribution in [2.45, 2.75) is 31.3 Å². The van der Waals surface area contributed by atoms with Crippen LogP contribution in [0.2, 0.25) is 0 Å². The molecule has 0 spiro atoms. The lowest BCUT2D eigenvalue weighted by Crippen LogP contribution is -2.10. The molecule has 2 aliphatic rings. The van der Waals surface area contributed by atoms with Gasteiger partial charge in [-0.3, -0.25) is 0 Å². The van der Waals surface area contributed by atoms with Crippen molar-refractivity contribution in [3.05, 3.63) is 23.8 Å². The van der Waals surface area contributed by atoms with Crippen LogP contribution in [-0.4, -0.2) is 26.3 Å². The first kappa shape index (κ1) is 10.9. The molecule has 3 rings (SSSR count). The Balaban J connectivity index is 1.93. The highest BCUT2D eigenvalue weighted by Gasteiger charge is 2.29. The second-order valence-electron chi connectivity index (χ2n) is 4.89. The van der Waals surface area contributed by atoms with Crippen molar-refractivity contribution < 1.29 is 9.47 Å². The van der Waals surface area contributed by atoms with Crippen LogP contribution in [0.25, 0.3) is 0 Å². The van der Waals surface area contributed by atoms with Gasteiger partial charge in [-0.05, 0) is 31.9 Å². The summed E-state index contributed by atoms with van der Waals surface area (Å²) in [5, 5.41) is 3.41. The standard InChI is InChI=1S/C14H19NO2/c1-16-13-4-2-3-12(10-7-8-15-9-10)14(13)17-11-5-6-11/h2-4,10-11,15H,5-9H2,1H3. The molecule has 1 aromatic carbocycles. The molecule has 1 saturated carbocycles. The predicted molar refractivity (Wildman–Crippen MR) is 66.9 cm³/mol. The number of methoxy groups -OCH3 is 1. The van der Waals surface area contributed by atoms with Gasteiger partial charge in [0.2, 0.25) is 0 Å². The molecular weight excluding hydrogens is 214 g/mol. The van der Waals surface area contributed by atoms with Crippen LogP contribution in [-0.2, 0) is 0 Å². The maximum absolute atomic E-state index is 6.04. The Hall–Kier alpha value is -1.22. The zero-order valence-corrected chi connectivity index (χ0v) is 10.2. The van der Waals surface area contributed by atoms with Gasteiger partial charge in [0.25, 0.3) is 0 Å². The summed E-state index contributed by atoms with van der Waals surface area (Å²) < 4.78 is 11.5. The molecule has 1 heterocycles. The maximum atomic E-state index is 6.04. The average molecular weight is 233 g/mol. The van der Waals surface area contributed by atoms with E-state index in [9.17, 15) is 0 Å². The smallest absolute Gasteiger partial charge is 0.165 e. The molecule has 3 nitrogen and oxygen atoms in total. The summed E-state index contributed by atoms with van der Waals surface area (Å²) in [4.78, 5) is 0.